The van der Waals surface area contributed by atoms with Crippen molar-refractivity contribution < 1.29 is 42.8 Å². The van der Waals surface area contributed by atoms with Gasteiger partial charge in [-0.2, -0.15) is 0 Å². The predicted octanol–water partition coefficient (Wildman–Crippen LogP) is 3.74. The SMILES string of the molecule is C=C1CN(c2cc(OC)c(OC)c(OC)c2)C1=O.COc1ccccc1OC(=O)CNC(=O)OC(C)(C)C. The quantitative estimate of drug-likeness (QED) is 0.235. The molecule has 0 spiro atoms. The van der Waals surface area contributed by atoms with E-state index in [1.807, 2.05) is 0 Å². The monoisotopic (exact) mass is 530 g/mol. The van der Waals surface area contributed by atoms with E-state index in [-0.39, 0.29) is 12.5 Å². The molecule has 0 aliphatic carbocycles. The van der Waals surface area contributed by atoms with Crippen molar-refractivity contribution in [1.82, 2.24) is 5.32 Å². The summed E-state index contributed by atoms with van der Waals surface area (Å²) in [6.07, 6.45) is -0.672. The molecule has 1 aliphatic heterocycles. The molecule has 2 aromatic carbocycles. The lowest BCUT2D eigenvalue weighted by Gasteiger charge is -2.33. The molecule has 2 aromatic rings. The molecule has 0 radical (unpaired) electrons. The van der Waals surface area contributed by atoms with Crippen molar-refractivity contribution >= 4 is 23.7 Å². The molecule has 1 heterocycles. The fourth-order valence-electron chi connectivity index (χ4n) is 3.18. The Balaban J connectivity index is 0.000000268. The Bertz CT molecular complexity index is 1150. The van der Waals surface area contributed by atoms with Crippen LogP contribution in [-0.4, -0.2) is 65.1 Å². The summed E-state index contributed by atoms with van der Waals surface area (Å²) >= 11 is 0. The lowest BCUT2D eigenvalue weighted by molar-refractivity contribution is -0.133. The van der Waals surface area contributed by atoms with Gasteiger partial charge in [0.15, 0.2) is 23.0 Å². The van der Waals surface area contributed by atoms with Gasteiger partial charge >= 0.3 is 12.1 Å². The van der Waals surface area contributed by atoms with E-state index >= 15 is 0 Å². The highest BCUT2D eigenvalue weighted by Gasteiger charge is 2.31. The van der Waals surface area contributed by atoms with Gasteiger partial charge in [0.2, 0.25) is 5.75 Å². The number of ether oxygens (including phenoxy) is 6. The van der Waals surface area contributed by atoms with Crippen LogP contribution in [0, 0.1) is 0 Å². The molecule has 0 atom stereocenters. The maximum atomic E-state index is 11.6. The standard InChI is InChI=1S/C14H19NO5.C13H15NO4/c1-14(2,3)20-13(17)15-9-12(16)19-11-8-6-5-7-10(11)18-4;1-8-7-14(13(8)15)9-5-10(16-2)12(18-4)11(6-9)17-3/h5-8H,9H2,1-4H3,(H,15,17);5-6H,1,7H2,2-4H3. The van der Waals surface area contributed by atoms with E-state index in [1.165, 1.54) is 28.4 Å². The van der Waals surface area contributed by atoms with Crippen molar-refractivity contribution in [3.63, 3.8) is 0 Å². The Morgan fingerprint density at radius 3 is 1.92 bits per heavy atom. The van der Waals surface area contributed by atoms with E-state index < -0.39 is 17.7 Å². The molecular weight excluding hydrogens is 496 g/mol. The minimum atomic E-state index is -0.672. The molecule has 0 unspecified atom stereocenters. The third-order valence-corrected chi connectivity index (χ3v) is 4.93. The number of para-hydroxylation sites is 2. The molecule has 0 aromatic heterocycles. The first kappa shape index (κ1) is 29.8. The number of hydrogen-bond acceptors (Lipinski definition) is 9. The second-order valence-electron chi connectivity index (χ2n) is 8.86. The summed E-state index contributed by atoms with van der Waals surface area (Å²) in [6.45, 7) is 9.11. The van der Waals surface area contributed by atoms with Crippen molar-refractivity contribution in [2.24, 2.45) is 0 Å². The van der Waals surface area contributed by atoms with Crippen LogP contribution >= 0.6 is 0 Å². The zero-order valence-corrected chi connectivity index (χ0v) is 22.7. The van der Waals surface area contributed by atoms with E-state index in [9.17, 15) is 14.4 Å². The summed E-state index contributed by atoms with van der Waals surface area (Å²) in [7, 11) is 6.10. The van der Waals surface area contributed by atoms with Crippen LogP contribution in [-0.2, 0) is 14.3 Å². The summed E-state index contributed by atoms with van der Waals surface area (Å²) in [5.74, 6) is 1.61. The Labute approximate surface area is 222 Å². The zero-order valence-electron chi connectivity index (χ0n) is 22.7. The number of esters is 1. The van der Waals surface area contributed by atoms with Gasteiger partial charge in [0, 0.05) is 17.7 Å². The first-order chi connectivity index (χ1) is 17.9. The number of rotatable bonds is 8. The van der Waals surface area contributed by atoms with Crippen molar-refractivity contribution in [3.05, 3.63) is 48.6 Å². The molecule has 1 N–H and O–H groups in total. The largest absolute Gasteiger partial charge is 0.493 e. The van der Waals surface area contributed by atoms with Gasteiger partial charge in [-0.1, -0.05) is 18.7 Å². The highest BCUT2D eigenvalue weighted by Crippen LogP contribution is 2.42. The average molecular weight is 531 g/mol. The van der Waals surface area contributed by atoms with Crippen LogP contribution in [0.5, 0.6) is 28.7 Å². The molecule has 1 fully saturated rings. The summed E-state index contributed by atoms with van der Waals surface area (Å²) in [5.41, 5.74) is 0.696. The predicted molar refractivity (Wildman–Crippen MR) is 140 cm³/mol. The number of nitrogens with zero attached hydrogens (tertiary/aromatic N) is 1. The van der Waals surface area contributed by atoms with E-state index in [0.717, 1.165) is 0 Å². The van der Waals surface area contributed by atoms with Crippen LogP contribution in [0.1, 0.15) is 20.8 Å². The maximum Gasteiger partial charge on any atom is 0.408 e. The molecule has 0 bridgehead atoms. The van der Waals surface area contributed by atoms with Crippen LogP contribution in [0.2, 0.25) is 0 Å². The molecule has 0 saturated carbocycles. The minimum absolute atomic E-state index is 0.0794. The molecule has 38 heavy (non-hydrogen) atoms. The average Bonchev–Trinajstić information content (AvgIpc) is 2.89. The Hall–Kier alpha value is -4.41. The second-order valence-corrected chi connectivity index (χ2v) is 8.86. The van der Waals surface area contributed by atoms with Gasteiger partial charge in [-0.15, -0.1) is 0 Å². The van der Waals surface area contributed by atoms with Crippen LogP contribution in [0.15, 0.2) is 48.6 Å². The van der Waals surface area contributed by atoms with Gasteiger partial charge in [-0.05, 0) is 32.9 Å². The molecule has 11 nitrogen and oxygen atoms in total. The Kier molecular flexibility index (Phi) is 10.4. The van der Waals surface area contributed by atoms with E-state index in [2.05, 4.69) is 11.9 Å². The summed E-state index contributed by atoms with van der Waals surface area (Å²) in [5, 5.41) is 2.32. The second kappa shape index (κ2) is 13.2. The normalized spacial score (nSPS) is 12.3. The lowest BCUT2D eigenvalue weighted by Crippen LogP contribution is -2.45. The van der Waals surface area contributed by atoms with Crippen molar-refractivity contribution in [1.29, 1.82) is 0 Å². The van der Waals surface area contributed by atoms with E-state index in [4.69, 9.17) is 28.4 Å². The Morgan fingerprint density at radius 1 is 0.921 bits per heavy atom. The minimum Gasteiger partial charge on any atom is -0.493 e. The molecule has 1 saturated heterocycles. The number of hydrogen-bond donors (Lipinski definition) is 1. The Morgan fingerprint density at radius 2 is 1.47 bits per heavy atom. The number of methoxy groups -OCH3 is 4. The number of amides is 2. The fraction of sp³-hybridized carbons (Fsp3) is 0.370. The van der Waals surface area contributed by atoms with Crippen LogP contribution in [0.25, 0.3) is 0 Å². The first-order valence-electron chi connectivity index (χ1n) is 11.5. The smallest absolute Gasteiger partial charge is 0.408 e. The molecule has 11 heteroatoms. The molecule has 1 aliphatic rings. The zero-order chi connectivity index (χ0) is 28.5. The third-order valence-electron chi connectivity index (χ3n) is 4.93. The maximum absolute atomic E-state index is 11.6. The molecule has 2 amide bonds. The molecular formula is C27H34N2O9. The number of benzene rings is 2. The highest BCUT2D eigenvalue weighted by molar-refractivity contribution is 6.13. The summed E-state index contributed by atoms with van der Waals surface area (Å²) in [6, 6.07) is 10.2. The lowest BCUT2D eigenvalue weighted by atomic mass is 10.1. The van der Waals surface area contributed by atoms with Gasteiger partial charge in [0.05, 0.1) is 40.7 Å². The number of carbonyl (C=O) groups excluding carboxylic acids is 3. The third kappa shape index (κ3) is 8.05. The first-order valence-corrected chi connectivity index (χ1v) is 11.5. The summed E-state index contributed by atoms with van der Waals surface area (Å²) in [4.78, 5) is 36.2. The van der Waals surface area contributed by atoms with E-state index in [1.54, 1.807) is 62.1 Å². The van der Waals surface area contributed by atoms with Crippen molar-refractivity contribution in [3.8, 4) is 28.7 Å². The van der Waals surface area contributed by atoms with Crippen LogP contribution in [0.4, 0.5) is 10.5 Å². The van der Waals surface area contributed by atoms with E-state index in [0.29, 0.717) is 46.6 Å². The van der Waals surface area contributed by atoms with Gasteiger partial charge in [0.1, 0.15) is 12.1 Å². The van der Waals surface area contributed by atoms with Crippen molar-refractivity contribution in [2.45, 2.75) is 26.4 Å². The number of alkyl carbamates (subject to hydrolysis) is 1. The topological polar surface area (TPSA) is 122 Å². The van der Waals surface area contributed by atoms with Crippen LogP contribution in [0.3, 0.4) is 0 Å². The van der Waals surface area contributed by atoms with Gasteiger partial charge < -0.3 is 38.6 Å². The number of anilines is 1. The van der Waals surface area contributed by atoms with Gasteiger partial charge in [-0.3, -0.25) is 4.79 Å². The number of β-lactam (4-membered cyclic amide) rings is 1. The fourth-order valence-corrected chi connectivity index (χ4v) is 3.18. The molecule has 206 valence electrons. The van der Waals surface area contributed by atoms with Gasteiger partial charge in [-0.25, -0.2) is 9.59 Å². The van der Waals surface area contributed by atoms with Crippen LogP contribution < -0.4 is 33.9 Å². The highest BCUT2D eigenvalue weighted by atomic mass is 16.6. The number of carbonyl (C=O) groups is 3. The van der Waals surface area contributed by atoms with Gasteiger partial charge in [0.25, 0.3) is 5.91 Å². The summed E-state index contributed by atoms with van der Waals surface area (Å²) < 4.78 is 30.8. The number of nitrogens with one attached hydrogen (secondary N) is 1. The van der Waals surface area contributed by atoms with Crippen molar-refractivity contribution in [2.75, 3.05) is 46.4 Å². The molecule has 3 rings (SSSR count).